The van der Waals surface area contributed by atoms with Crippen molar-refractivity contribution in [2.45, 2.75) is 25.7 Å². The summed E-state index contributed by atoms with van der Waals surface area (Å²) in [4.78, 5) is 24.9. The number of nitrogens with zero attached hydrogens (tertiary/aromatic N) is 1. The van der Waals surface area contributed by atoms with Crippen LogP contribution in [0.1, 0.15) is 28.4 Å². The Bertz CT molecular complexity index is 1290. The van der Waals surface area contributed by atoms with Crippen LogP contribution in [-0.4, -0.2) is 33.4 Å². The van der Waals surface area contributed by atoms with E-state index in [1.54, 1.807) is 37.3 Å². The van der Waals surface area contributed by atoms with Crippen LogP contribution in [0, 0.1) is 13.8 Å². The summed E-state index contributed by atoms with van der Waals surface area (Å²) in [7, 11) is -4.03. The SMILES string of the molecule is CCOC(=O)c1ccc(NC(=O)CN(c2cc(C)cc(C)c2)S(=O)(=O)c2ccccc2)c(Cl)c1. The molecule has 1 amide bonds. The first kappa shape index (κ1) is 25.3. The van der Waals surface area contributed by atoms with Gasteiger partial charge in [-0.05, 0) is 74.4 Å². The number of amides is 1. The Morgan fingerprint density at radius 2 is 1.62 bits per heavy atom. The second-order valence-corrected chi connectivity index (χ2v) is 9.90. The number of sulfonamides is 1. The first-order valence-electron chi connectivity index (χ1n) is 10.5. The van der Waals surface area contributed by atoms with E-state index in [2.05, 4.69) is 5.32 Å². The quantitative estimate of drug-likeness (QED) is 0.441. The van der Waals surface area contributed by atoms with Crippen molar-refractivity contribution >= 4 is 44.9 Å². The highest BCUT2D eigenvalue weighted by atomic mass is 35.5. The number of ether oxygens (including phenoxy) is 1. The molecule has 3 rings (SSSR count). The Labute approximate surface area is 204 Å². The Morgan fingerprint density at radius 3 is 2.21 bits per heavy atom. The predicted molar refractivity (Wildman–Crippen MR) is 133 cm³/mol. The van der Waals surface area contributed by atoms with E-state index in [4.69, 9.17) is 16.3 Å². The number of hydrogen-bond donors (Lipinski definition) is 1. The third-order valence-electron chi connectivity index (χ3n) is 4.87. The smallest absolute Gasteiger partial charge is 0.338 e. The standard InChI is InChI=1S/C25H25ClN2O5S/c1-4-33-25(30)19-10-11-23(22(26)15-19)27-24(29)16-28(20-13-17(2)12-18(3)14-20)34(31,32)21-8-6-5-7-9-21/h5-15H,4,16H2,1-3H3,(H,27,29). The van der Waals surface area contributed by atoms with Gasteiger partial charge < -0.3 is 10.1 Å². The molecule has 0 heterocycles. The number of carbonyl (C=O) groups is 2. The molecule has 3 aromatic carbocycles. The van der Waals surface area contributed by atoms with Gasteiger partial charge in [-0.25, -0.2) is 13.2 Å². The number of rotatable bonds is 8. The molecule has 0 saturated heterocycles. The fourth-order valence-corrected chi connectivity index (χ4v) is 5.06. The lowest BCUT2D eigenvalue weighted by Gasteiger charge is -2.25. The summed E-state index contributed by atoms with van der Waals surface area (Å²) in [5.41, 5.74) is 2.59. The maximum absolute atomic E-state index is 13.5. The molecule has 0 unspecified atom stereocenters. The van der Waals surface area contributed by atoms with Crippen molar-refractivity contribution < 1.29 is 22.7 Å². The van der Waals surface area contributed by atoms with Crippen LogP contribution in [-0.2, 0) is 19.6 Å². The van der Waals surface area contributed by atoms with Crippen molar-refractivity contribution in [1.82, 2.24) is 0 Å². The molecular weight excluding hydrogens is 476 g/mol. The van der Waals surface area contributed by atoms with Crippen LogP contribution in [0.15, 0.2) is 71.6 Å². The molecule has 34 heavy (non-hydrogen) atoms. The zero-order valence-corrected chi connectivity index (χ0v) is 20.6. The van der Waals surface area contributed by atoms with E-state index in [1.165, 1.54) is 30.3 Å². The van der Waals surface area contributed by atoms with Gasteiger partial charge in [0.15, 0.2) is 0 Å². The highest BCUT2D eigenvalue weighted by Crippen LogP contribution is 2.27. The van der Waals surface area contributed by atoms with Gasteiger partial charge in [-0.1, -0.05) is 35.9 Å². The second kappa shape index (κ2) is 10.7. The van der Waals surface area contributed by atoms with Crippen molar-refractivity contribution in [3.8, 4) is 0 Å². The number of anilines is 2. The number of halogens is 1. The summed E-state index contributed by atoms with van der Waals surface area (Å²) in [5, 5.41) is 2.76. The highest BCUT2D eigenvalue weighted by molar-refractivity contribution is 7.92. The molecule has 0 saturated carbocycles. The Morgan fingerprint density at radius 1 is 0.971 bits per heavy atom. The number of aryl methyl sites for hydroxylation is 2. The molecule has 0 aliphatic heterocycles. The van der Waals surface area contributed by atoms with Gasteiger partial charge in [0.25, 0.3) is 10.0 Å². The molecule has 0 fully saturated rings. The predicted octanol–water partition coefficient (Wildman–Crippen LogP) is 4.97. The largest absolute Gasteiger partial charge is 0.462 e. The van der Waals surface area contributed by atoms with Gasteiger partial charge in [-0.15, -0.1) is 0 Å². The van der Waals surface area contributed by atoms with Gasteiger partial charge >= 0.3 is 5.97 Å². The van der Waals surface area contributed by atoms with Crippen molar-refractivity contribution in [3.05, 3.63) is 88.4 Å². The topological polar surface area (TPSA) is 92.8 Å². The van der Waals surface area contributed by atoms with Crippen LogP contribution in [0.3, 0.4) is 0 Å². The maximum Gasteiger partial charge on any atom is 0.338 e. The van der Waals surface area contributed by atoms with Crippen molar-refractivity contribution in [1.29, 1.82) is 0 Å². The van der Waals surface area contributed by atoms with Crippen LogP contribution < -0.4 is 9.62 Å². The summed E-state index contributed by atoms with van der Waals surface area (Å²) in [6.45, 7) is 5.15. The molecule has 1 N–H and O–H groups in total. The lowest BCUT2D eigenvalue weighted by Crippen LogP contribution is -2.38. The van der Waals surface area contributed by atoms with Crippen molar-refractivity contribution in [2.75, 3.05) is 22.8 Å². The molecule has 0 bridgehead atoms. The third-order valence-corrected chi connectivity index (χ3v) is 6.97. The average Bonchev–Trinajstić information content (AvgIpc) is 2.78. The van der Waals surface area contributed by atoms with E-state index in [0.717, 1.165) is 15.4 Å². The first-order chi connectivity index (χ1) is 16.1. The Kier molecular flexibility index (Phi) is 7.96. The first-order valence-corrected chi connectivity index (χ1v) is 12.4. The van der Waals surface area contributed by atoms with Gasteiger partial charge in [0.1, 0.15) is 6.54 Å². The summed E-state index contributed by atoms with van der Waals surface area (Å²) < 4.78 is 32.9. The average molecular weight is 501 g/mol. The van der Waals surface area contributed by atoms with E-state index in [1.807, 2.05) is 19.9 Å². The van der Waals surface area contributed by atoms with Crippen LogP contribution >= 0.6 is 11.6 Å². The molecule has 0 aromatic heterocycles. The molecule has 178 valence electrons. The highest BCUT2D eigenvalue weighted by Gasteiger charge is 2.27. The third kappa shape index (κ3) is 5.95. The lowest BCUT2D eigenvalue weighted by atomic mass is 10.1. The molecule has 0 radical (unpaired) electrons. The van der Waals surface area contributed by atoms with Crippen LogP contribution in [0.4, 0.5) is 11.4 Å². The van der Waals surface area contributed by atoms with Crippen LogP contribution in [0.25, 0.3) is 0 Å². The van der Waals surface area contributed by atoms with Crippen LogP contribution in [0.5, 0.6) is 0 Å². The van der Waals surface area contributed by atoms with Crippen LogP contribution in [0.2, 0.25) is 5.02 Å². The van der Waals surface area contributed by atoms with Crippen molar-refractivity contribution in [2.24, 2.45) is 0 Å². The number of nitrogens with one attached hydrogen (secondary N) is 1. The normalized spacial score (nSPS) is 11.1. The van der Waals surface area contributed by atoms with E-state index in [9.17, 15) is 18.0 Å². The van der Waals surface area contributed by atoms with Crippen molar-refractivity contribution in [3.63, 3.8) is 0 Å². The Hall–Kier alpha value is -3.36. The molecule has 0 atom stereocenters. The maximum atomic E-state index is 13.5. The van der Waals surface area contributed by atoms with Gasteiger partial charge in [-0.3, -0.25) is 9.10 Å². The Balaban J connectivity index is 1.91. The fourth-order valence-electron chi connectivity index (χ4n) is 3.41. The van der Waals surface area contributed by atoms with Gasteiger partial charge in [0, 0.05) is 0 Å². The summed E-state index contributed by atoms with van der Waals surface area (Å²) in [5.74, 6) is -1.12. The minimum absolute atomic E-state index is 0.0683. The molecule has 0 aliphatic rings. The second-order valence-electron chi connectivity index (χ2n) is 7.63. The number of carbonyl (C=O) groups excluding carboxylic acids is 2. The monoisotopic (exact) mass is 500 g/mol. The zero-order chi connectivity index (χ0) is 24.9. The number of hydrogen-bond acceptors (Lipinski definition) is 5. The van der Waals surface area contributed by atoms with E-state index in [-0.39, 0.29) is 27.8 Å². The summed E-state index contributed by atoms with van der Waals surface area (Å²) in [6.07, 6.45) is 0. The number of esters is 1. The zero-order valence-electron chi connectivity index (χ0n) is 19.0. The minimum atomic E-state index is -4.03. The molecular formula is C25H25ClN2O5S. The minimum Gasteiger partial charge on any atom is -0.462 e. The molecule has 0 spiro atoms. The molecule has 0 aliphatic carbocycles. The number of benzene rings is 3. The van der Waals surface area contributed by atoms with Gasteiger partial charge in [0.2, 0.25) is 5.91 Å². The fraction of sp³-hybridized carbons (Fsp3) is 0.200. The summed E-state index contributed by atoms with van der Waals surface area (Å²) >= 11 is 6.24. The molecule has 7 nitrogen and oxygen atoms in total. The lowest BCUT2D eigenvalue weighted by molar-refractivity contribution is -0.114. The van der Waals surface area contributed by atoms with Gasteiger partial charge in [-0.2, -0.15) is 0 Å². The molecule has 3 aromatic rings. The van der Waals surface area contributed by atoms with E-state index >= 15 is 0 Å². The molecule has 9 heteroatoms. The van der Waals surface area contributed by atoms with Gasteiger partial charge in [0.05, 0.1) is 33.5 Å². The summed E-state index contributed by atoms with van der Waals surface area (Å²) in [6, 6.07) is 17.6. The van der Waals surface area contributed by atoms with E-state index in [0.29, 0.717) is 5.69 Å². The van der Waals surface area contributed by atoms with E-state index < -0.39 is 28.4 Å².